The number of pyridine rings is 1. The first-order valence-corrected chi connectivity index (χ1v) is 20.7. The molecule has 59 heavy (non-hydrogen) atoms. The average Bonchev–Trinajstić information content (AvgIpc) is 3.29. The summed E-state index contributed by atoms with van der Waals surface area (Å²) in [5.74, 6) is 0.492. The predicted octanol–water partition coefficient (Wildman–Crippen LogP) is 14.3. The highest BCUT2D eigenvalue weighted by Gasteiger charge is 2.21. The molecule has 0 bridgehead atoms. The molecule has 0 fully saturated rings. The number of nitrogens with zero attached hydrogens (tertiary/aromatic N) is 1. The van der Waals surface area contributed by atoms with Gasteiger partial charge in [0.15, 0.2) is 0 Å². The lowest BCUT2D eigenvalue weighted by Crippen LogP contribution is -2.30. The van der Waals surface area contributed by atoms with Gasteiger partial charge in [-0.3, -0.25) is 4.98 Å². The van der Waals surface area contributed by atoms with Crippen LogP contribution in [0.5, 0.6) is 0 Å². The van der Waals surface area contributed by atoms with E-state index in [1.54, 1.807) is 0 Å². The minimum Gasteiger partial charge on any atom is -0.256 e. The van der Waals surface area contributed by atoms with E-state index in [-0.39, 0.29) is 0 Å². The zero-order valence-corrected chi connectivity index (χ0v) is 32.8. The van der Waals surface area contributed by atoms with E-state index >= 15 is 0 Å². The molecule has 12 rings (SSSR count). The molecular formula is C58H39N. The lowest BCUT2D eigenvalue weighted by Gasteiger charge is -2.21. The van der Waals surface area contributed by atoms with Gasteiger partial charge in [-0.15, -0.1) is 0 Å². The van der Waals surface area contributed by atoms with Crippen LogP contribution in [0.2, 0.25) is 0 Å². The molecule has 1 heterocycles. The largest absolute Gasteiger partial charge is 0.256 e. The Hall–Kier alpha value is -7.35. The van der Waals surface area contributed by atoms with E-state index in [9.17, 15) is 0 Å². The summed E-state index contributed by atoms with van der Waals surface area (Å²) in [7, 11) is 0. The van der Waals surface area contributed by atoms with Crippen molar-refractivity contribution >= 4 is 76.9 Å². The van der Waals surface area contributed by atoms with Crippen LogP contribution in [0.25, 0.3) is 121 Å². The lowest BCUT2D eigenvalue weighted by molar-refractivity contribution is 0.801. The average molecular weight is 750 g/mol. The standard InChI is InChI=1S/C58H39N/c1-36-19-20-44-33-52(51-18-9-29-59-58(51)53(44)30-36)43-26-28-50-55(35-43)57(46-24-22-38-11-3-5-14-41(38)32-46)49-27-25-42(48-17-8-15-39-12-6-7-16-47(39)48)34-54(49)56(50)45-23-21-37-10-2-4-13-40(37)31-45/h2-18,20-36H,19H2,1H3. The van der Waals surface area contributed by atoms with Crippen molar-refractivity contribution in [2.24, 2.45) is 5.92 Å². The van der Waals surface area contributed by atoms with E-state index in [4.69, 9.17) is 4.98 Å². The van der Waals surface area contributed by atoms with Gasteiger partial charge in [-0.05, 0) is 152 Å². The number of fused-ring (bicyclic) bond motifs is 8. The molecule has 0 amide bonds. The Kier molecular flexibility index (Phi) is 7.65. The SMILES string of the molecule is CC1C=c2c(cc(-c3ccc4c(-c5ccc6ccccc6c5)c5cc(-c6cccc7ccccc67)ccc5c(-c5ccc6ccccc6c5)c4c3)c3cccnc23)=CC1. The Morgan fingerprint density at radius 1 is 0.407 bits per heavy atom. The van der Waals surface area contributed by atoms with E-state index in [2.05, 4.69) is 201 Å². The highest BCUT2D eigenvalue weighted by atomic mass is 14.6. The van der Waals surface area contributed by atoms with Gasteiger partial charge in [-0.2, -0.15) is 0 Å². The summed E-state index contributed by atoms with van der Waals surface area (Å²) in [4.78, 5) is 4.99. The van der Waals surface area contributed by atoms with Crippen molar-refractivity contribution in [1.82, 2.24) is 4.98 Å². The van der Waals surface area contributed by atoms with Crippen molar-refractivity contribution in [3.63, 3.8) is 0 Å². The highest BCUT2D eigenvalue weighted by molar-refractivity contribution is 6.23. The number of aromatic nitrogens is 1. The second-order valence-corrected chi connectivity index (χ2v) is 16.3. The maximum Gasteiger partial charge on any atom is 0.0783 e. The van der Waals surface area contributed by atoms with Crippen molar-refractivity contribution in [2.75, 3.05) is 0 Å². The molecule has 1 aromatic heterocycles. The number of rotatable bonds is 4. The molecule has 0 radical (unpaired) electrons. The van der Waals surface area contributed by atoms with Crippen LogP contribution < -0.4 is 10.4 Å². The Morgan fingerprint density at radius 3 is 1.64 bits per heavy atom. The van der Waals surface area contributed by atoms with Gasteiger partial charge in [-0.25, -0.2) is 0 Å². The molecule has 1 heteroatoms. The molecule has 1 aliphatic carbocycles. The molecule has 0 saturated carbocycles. The summed E-state index contributed by atoms with van der Waals surface area (Å²) in [6.07, 6.45) is 7.78. The van der Waals surface area contributed by atoms with Crippen LogP contribution in [0.4, 0.5) is 0 Å². The van der Waals surface area contributed by atoms with E-state index in [1.807, 2.05) is 6.20 Å². The summed E-state index contributed by atoms with van der Waals surface area (Å²) < 4.78 is 0. The monoisotopic (exact) mass is 749 g/mol. The molecule has 1 nitrogen and oxygen atoms in total. The van der Waals surface area contributed by atoms with Gasteiger partial charge in [-0.1, -0.05) is 165 Å². The fraction of sp³-hybridized carbons (Fsp3) is 0.0517. The topological polar surface area (TPSA) is 12.9 Å². The van der Waals surface area contributed by atoms with Gasteiger partial charge < -0.3 is 0 Å². The van der Waals surface area contributed by atoms with Gasteiger partial charge in [0.2, 0.25) is 0 Å². The smallest absolute Gasteiger partial charge is 0.0783 e. The third kappa shape index (κ3) is 5.50. The maximum absolute atomic E-state index is 4.99. The van der Waals surface area contributed by atoms with Crippen molar-refractivity contribution in [3.05, 3.63) is 199 Å². The number of benzene rings is 10. The first-order valence-electron chi connectivity index (χ1n) is 20.7. The van der Waals surface area contributed by atoms with Crippen molar-refractivity contribution in [1.29, 1.82) is 0 Å². The summed E-state index contributed by atoms with van der Waals surface area (Å²) in [6.45, 7) is 2.29. The van der Waals surface area contributed by atoms with Crippen LogP contribution in [-0.4, -0.2) is 4.98 Å². The van der Waals surface area contributed by atoms with Crippen LogP contribution in [0.1, 0.15) is 13.3 Å². The summed E-state index contributed by atoms with van der Waals surface area (Å²) >= 11 is 0. The fourth-order valence-electron chi connectivity index (χ4n) is 9.89. The zero-order chi connectivity index (χ0) is 39.0. The minimum atomic E-state index is 0.492. The molecule has 10 aromatic carbocycles. The number of hydrogen-bond donors (Lipinski definition) is 0. The van der Waals surface area contributed by atoms with Crippen LogP contribution in [0, 0.1) is 5.92 Å². The molecule has 276 valence electrons. The summed E-state index contributed by atoms with van der Waals surface area (Å²) in [5, 5.41) is 16.2. The van der Waals surface area contributed by atoms with Gasteiger partial charge in [0.1, 0.15) is 0 Å². The molecule has 11 aromatic rings. The Bertz CT molecular complexity index is 3660. The second-order valence-electron chi connectivity index (χ2n) is 16.3. The molecule has 1 unspecified atom stereocenters. The van der Waals surface area contributed by atoms with Crippen LogP contribution in [-0.2, 0) is 0 Å². The van der Waals surface area contributed by atoms with Crippen LogP contribution in [0.3, 0.4) is 0 Å². The second kappa shape index (κ2) is 13.4. The minimum absolute atomic E-state index is 0.492. The van der Waals surface area contributed by atoms with Gasteiger partial charge in [0.05, 0.1) is 5.52 Å². The van der Waals surface area contributed by atoms with Gasteiger partial charge in [0.25, 0.3) is 0 Å². The highest BCUT2D eigenvalue weighted by Crippen LogP contribution is 2.47. The summed E-state index contributed by atoms with van der Waals surface area (Å²) in [6, 6.07) is 67.9. The third-order valence-electron chi connectivity index (χ3n) is 12.7. The maximum atomic E-state index is 4.99. The first kappa shape index (κ1) is 33.8. The Balaban J connectivity index is 1.22. The van der Waals surface area contributed by atoms with E-state index in [1.165, 1.54) is 114 Å². The van der Waals surface area contributed by atoms with Crippen molar-refractivity contribution in [3.8, 4) is 44.5 Å². The van der Waals surface area contributed by atoms with Crippen molar-refractivity contribution in [2.45, 2.75) is 13.3 Å². The van der Waals surface area contributed by atoms with E-state index in [0.717, 1.165) is 11.9 Å². The molecule has 0 saturated heterocycles. The summed E-state index contributed by atoms with van der Waals surface area (Å²) in [5.41, 5.74) is 10.9. The predicted molar refractivity (Wildman–Crippen MR) is 253 cm³/mol. The van der Waals surface area contributed by atoms with E-state index < -0.39 is 0 Å². The van der Waals surface area contributed by atoms with Crippen LogP contribution >= 0.6 is 0 Å². The lowest BCUT2D eigenvalue weighted by atomic mass is 9.82. The van der Waals surface area contributed by atoms with Crippen molar-refractivity contribution < 1.29 is 0 Å². The van der Waals surface area contributed by atoms with E-state index in [0.29, 0.717) is 5.92 Å². The molecule has 1 atom stereocenters. The molecular weight excluding hydrogens is 711 g/mol. The molecule has 0 spiro atoms. The fourth-order valence-corrected chi connectivity index (χ4v) is 9.89. The zero-order valence-electron chi connectivity index (χ0n) is 32.8. The molecule has 0 aliphatic heterocycles. The first-order chi connectivity index (χ1) is 29.1. The molecule has 1 aliphatic rings. The Labute approximate surface area is 342 Å². The molecule has 0 N–H and O–H groups in total. The Morgan fingerprint density at radius 2 is 0.966 bits per heavy atom. The number of hydrogen-bond acceptors (Lipinski definition) is 1. The normalized spacial score (nSPS) is 13.9. The van der Waals surface area contributed by atoms with Gasteiger partial charge in [0, 0.05) is 16.8 Å². The van der Waals surface area contributed by atoms with Crippen LogP contribution in [0.15, 0.2) is 188 Å². The quantitative estimate of drug-likeness (QED) is 0.163. The third-order valence-corrected chi connectivity index (χ3v) is 12.7. The van der Waals surface area contributed by atoms with Gasteiger partial charge >= 0.3 is 0 Å².